The van der Waals surface area contributed by atoms with E-state index in [2.05, 4.69) is 25.6 Å². The molecule has 1 fully saturated rings. The minimum absolute atomic E-state index is 0.215. The molecule has 0 aliphatic carbocycles. The fourth-order valence-corrected chi connectivity index (χ4v) is 2.16. The first-order chi connectivity index (χ1) is 8.78. The molecule has 2 rings (SSSR count). The van der Waals surface area contributed by atoms with Gasteiger partial charge < -0.3 is 21.4 Å². The Hall–Kier alpha value is -1.60. The Balaban J connectivity index is 1.73. The molecular formula is C11H21N7. The van der Waals surface area contributed by atoms with Gasteiger partial charge in [-0.3, -0.25) is 0 Å². The second-order valence-electron chi connectivity index (χ2n) is 4.47. The largest absolute Gasteiger partial charge is 0.370 e. The molecule has 100 valence electrons. The standard InChI is InChI=1S/C11H21N7/c12-11-15-9(8-10(16-11)17-13)14-4-3-7-18-5-1-2-6-18/h8H,1-7,13H2,(H4,12,14,15,16,17). The fraction of sp³-hybridized carbons (Fsp3) is 0.636. The predicted octanol–water partition coefficient (Wildman–Crippen LogP) is 0.242. The van der Waals surface area contributed by atoms with Gasteiger partial charge in [-0.05, 0) is 38.9 Å². The van der Waals surface area contributed by atoms with Crippen LogP contribution >= 0.6 is 0 Å². The van der Waals surface area contributed by atoms with Gasteiger partial charge in [0, 0.05) is 12.6 Å². The summed E-state index contributed by atoms with van der Waals surface area (Å²) >= 11 is 0. The van der Waals surface area contributed by atoms with Crippen LogP contribution in [0.25, 0.3) is 0 Å². The quantitative estimate of drug-likeness (QED) is 0.326. The van der Waals surface area contributed by atoms with E-state index in [1.54, 1.807) is 6.07 Å². The molecule has 0 saturated carbocycles. The van der Waals surface area contributed by atoms with Crippen LogP contribution in [0.3, 0.4) is 0 Å². The third-order valence-corrected chi connectivity index (χ3v) is 3.05. The zero-order chi connectivity index (χ0) is 12.8. The smallest absolute Gasteiger partial charge is 0.223 e. The van der Waals surface area contributed by atoms with Crippen molar-refractivity contribution >= 4 is 17.6 Å². The summed E-state index contributed by atoms with van der Waals surface area (Å²) < 4.78 is 0. The zero-order valence-corrected chi connectivity index (χ0v) is 10.5. The molecule has 0 amide bonds. The maximum atomic E-state index is 5.57. The van der Waals surface area contributed by atoms with E-state index < -0.39 is 0 Å². The summed E-state index contributed by atoms with van der Waals surface area (Å²) in [4.78, 5) is 10.5. The zero-order valence-electron chi connectivity index (χ0n) is 10.5. The number of rotatable bonds is 6. The highest BCUT2D eigenvalue weighted by atomic mass is 15.3. The van der Waals surface area contributed by atoms with Crippen LogP contribution in [0.4, 0.5) is 17.6 Å². The molecule has 2 heterocycles. The van der Waals surface area contributed by atoms with Crippen molar-refractivity contribution in [2.45, 2.75) is 19.3 Å². The lowest BCUT2D eigenvalue weighted by Crippen LogP contribution is -2.22. The van der Waals surface area contributed by atoms with Gasteiger partial charge in [-0.25, -0.2) is 5.84 Å². The van der Waals surface area contributed by atoms with E-state index in [0.717, 1.165) is 19.5 Å². The number of hydrogen-bond acceptors (Lipinski definition) is 7. The van der Waals surface area contributed by atoms with Gasteiger partial charge in [0.05, 0.1) is 0 Å². The van der Waals surface area contributed by atoms with Crippen LogP contribution in [0.2, 0.25) is 0 Å². The van der Waals surface area contributed by atoms with Crippen LogP contribution in [0, 0.1) is 0 Å². The molecule has 0 unspecified atom stereocenters. The average Bonchev–Trinajstić information content (AvgIpc) is 2.87. The number of hydrogen-bond donors (Lipinski definition) is 4. The molecule has 1 aliphatic rings. The highest BCUT2D eigenvalue weighted by Crippen LogP contribution is 2.11. The van der Waals surface area contributed by atoms with Gasteiger partial charge in [0.1, 0.15) is 11.6 Å². The number of aromatic nitrogens is 2. The number of nitrogens with one attached hydrogen (secondary N) is 2. The van der Waals surface area contributed by atoms with E-state index in [1.807, 2.05) is 0 Å². The maximum Gasteiger partial charge on any atom is 0.223 e. The van der Waals surface area contributed by atoms with Gasteiger partial charge in [0.2, 0.25) is 5.95 Å². The Labute approximate surface area is 107 Å². The van der Waals surface area contributed by atoms with Crippen LogP contribution in [0.1, 0.15) is 19.3 Å². The highest BCUT2D eigenvalue weighted by Gasteiger charge is 2.10. The molecule has 7 nitrogen and oxygen atoms in total. The Morgan fingerprint density at radius 2 is 1.94 bits per heavy atom. The Bertz CT molecular complexity index is 376. The number of nitrogens with two attached hydrogens (primary N) is 2. The van der Waals surface area contributed by atoms with E-state index in [0.29, 0.717) is 11.6 Å². The minimum atomic E-state index is 0.215. The summed E-state index contributed by atoms with van der Waals surface area (Å²) in [6.07, 6.45) is 3.76. The van der Waals surface area contributed by atoms with E-state index >= 15 is 0 Å². The monoisotopic (exact) mass is 251 g/mol. The molecule has 0 bridgehead atoms. The average molecular weight is 251 g/mol. The second kappa shape index (κ2) is 6.36. The Morgan fingerprint density at radius 1 is 1.22 bits per heavy atom. The molecule has 0 atom stereocenters. The molecule has 0 spiro atoms. The van der Waals surface area contributed by atoms with Crippen molar-refractivity contribution < 1.29 is 0 Å². The molecule has 0 aromatic carbocycles. The third kappa shape index (κ3) is 3.71. The lowest BCUT2D eigenvalue weighted by Gasteiger charge is -2.14. The molecule has 1 aromatic heterocycles. The second-order valence-corrected chi connectivity index (χ2v) is 4.47. The maximum absolute atomic E-state index is 5.57. The van der Waals surface area contributed by atoms with Crippen LogP contribution in [-0.2, 0) is 0 Å². The van der Waals surface area contributed by atoms with Crippen LogP contribution in [0.15, 0.2) is 6.07 Å². The number of nitrogens with zero attached hydrogens (tertiary/aromatic N) is 3. The van der Waals surface area contributed by atoms with Crippen molar-refractivity contribution in [3.8, 4) is 0 Å². The van der Waals surface area contributed by atoms with E-state index in [9.17, 15) is 0 Å². The lowest BCUT2D eigenvalue weighted by molar-refractivity contribution is 0.337. The number of nitrogen functional groups attached to an aromatic ring is 2. The van der Waals surface area contributed by atoms with Gasteiger partial charge in [-0.2, -0.15) is 9.97 Å². The van der Waals surface area contributed by atoms with Gasteiger partial charge >= 0.3 is 0 Å². The molecule has 18 heavy (non-hydrogen) atoms. The third-order valence-electron chi connectivity index (χ3n) is 3.05. The topological polar surface area (TPSA) is 105 Å². The molecule has 1 aromatic rings. The minimum Gasteiger partial charge on any atom is -0.370 e. The number of hydrazine groups is 1. The summed E-state index contributed by atoms with van der Waals surface area (Å²) in [6.45, 7) is 4.48. The van der Waals surface area contributed by atoms with Crippen molar-refractivity contribution in [1.82, 2.24) is 14.9 Å². The molecule has 1 aliphatic heterocycles. The van der Waals surface area contributed by atoms with Crippen molar-refractivity contribution in [3.63, 3.8) is 0 Å². The van der Waals surface area contributed by atoms with Crippen LogP contribution in [-0.4, -0.2) is 41.0 Å². The van der Waals surface area contributed by atoms with Crippen molar-refractivity contribution in [2.75, 3.05) is 42.7 Å². The number of likely N-dealkylation sites (tertiary alicyclic amines) is 1. The Morgan fingerprint density at radius 3 is 2.67 bits per heavy atom. The summed E-state index contributed by atoms with van der Waals surface area (Å²) in [5, 5.41) is 3.23. The Kier molecular flexibility index (Phi) is 4.54. The lowest BCUT2D eigenvalue weighted by atomic mass is 10.4. The van der Waals surface area contributed by atoms with Crippen molar-refractivity contribution in [1.29, 1.82) is 0 Å². The van der Waals surface area contributed by atoms with Gasteiger partial charge in [0.15, 0.2) is 0 Å². The predicted molar refractivity (Wildman–Crippen MR) is 73.0 cm³/mol. The molecule has 6 N–H and O–H groups in total. The van der Waals surface area contributed by atoms with Crippen molar-refractivity contribution in [2.24, 2.45) is 5.84 Å². The van der Waals surface area contributed by atoms with E-state index in [4.69, 9.17) is 11.6 Å². The summed E-state index contributed by atoms with van der Waals surface area (Å²) in [6, 6.07) is 1.74. The first-order valence-electron chi connectivity index (χ1n) is 6.35. The SMILES string of the molecule is NNc1cc(NCCCN2CCCC2)nc(N)n1. The fourth-order valence-electron chi connectivity index (χ4n) is 2.16. The first-order valence-corrected chi connectivity index (χ1v) is 6.35. The summed E-state index contributed by atoms with van der Waals surface area (Å²) in [7, 11) is 0. The number of anilines is 3. The summed E-state index contributed by atoms with van der Waals surface area (Å²) in [5.74, 6) is 6.73. The molecule has 7 heteroatoms. The normalized spacial score (nSPS) is 15.8. The molecule has 1 saturated heterocycles. The van der Waals surface area contributed by atoms with Crippen molar-refractivity contribution in [3.05, 3.63) is 6.07 Å². The molecule has 0 radical (unpaired) electrons. The first kappa shape index (κ1) is 12.8. The molecular weight excluding hydrogens is 230 g/mol. The van der Waals surface area contributed by atoms with E-state index in [1.165, 1.54) is 25.9 Å². The van der Waals surface area contributed by atoms with Gasteiger partial charge in [0.25, 0.3) is 0 Å². The van der Waals surface area contributed by atoms with Gasteiger partial charge in [-0.1, -0.05) is 0 Å². The van der Waals surface area contributed by atoms with Crippen LogP contribution < -0.4 is 22.3 Å². The van der Waals surface area contributed by atoms with Gasteiger partial charge in [-0.15, -0.1) is 0 Å². The van der Waals surface area contributed by atoms with E-state index in [-0.39, 0.29) is 5.95 Å². The summed E-state index contributed by atoms with van der Waals surface area (Å²) in [5.41, 5.74) is 8.04. The van der Waals surface area contributed by atoms with Crippen LogP contribution in [0.5, 0.6) is 0 Å². The highest BCUT2D eigenvalue weighted by molar-refractivity contribution is 5.50.